The Morgan fingerprint density at radius 2 is 2.12 bits per heavy atom. The third-order valence-electron chi connectivity index (χ3n) is 2.62. The summed E-state index contributed by atoms with van der Waals surface area (Å²) in [7, 11) is 0. The molecule has 0 atom stereocenters. The van der Waals surface area contributed by atoms with Crippen molar-refractivity contribution in [3.05, 3.63) is 28.7 Å². The van der Waals surface area contributed by atoms with E-state index in [-0.39, 0.29) is 11.3 Å². The minimum absolute atomic E-state index is 0.216. The summed E-state index contributed by atoms with van der Waals surface area (Å²) in [6, 6.07) is 7.65. The van der Waals surface area contributed by atoms with Gasteiger partial charge in [-0.25, -0.2) is 0 Å². The first-order valence-corrected chi connectivity index (χ1v) is 6.12. The number of rotatable bonds is 5. The largest absolute Gasteiger partial charge is 0.492 e. The van der Waals surface area contributed by atoms with Crippen LogP contribution in [-0.4, -0.2) is 17.6 Å². The van der Waals surface area contributed by atoms with Crippen LogP contribution in [0, 0.1) is 5.41 Å². The lowest BCUT2D eigenvalue weighted by Crippen LogP contribution is -2.33. The summed E-state index contributed by atoms with van der Waals surface area (Å²) in [6.45, 7) is 4.32. The van der Waals surface area contributed by atoms with Gasteiger partial charge in [-0.3, -0.25) is 0 Å². The number of benzene rings is 1. The quantitative estimate of drug-likeness (QED) is 0.380. The van der Waals surface area contributed by atoms with Crippen LogP contribution in [-0.2, 0) is 0 Å². The summed E-state index contributed by atoms with van der Waals surface area (Å²) < 4.78 is 6.55. The molecule has 0 radical (unpaired) electrons. The molecule has 0 unspecified atom stereocenters. The van der Waals surface area contributed by atoms with Crippen LogP contribution < -0.4 is 10.5 Å². The van der Waals surface area contributed by atoms with E-state index in [2.05, 4.69) is 21.1 Å². The number of nitrogens with two attached hydrogens (primary N) is 1. The van der Waals surface area contributed by atoms with Gasteiger partial charge in [-0.05, 0) is 34.5 Å². The number of ether oxygens (including phenoxy) is 1. The SMILES string of the molecule is CC(C)(CCOc1ccccc1Br)C(N)=NO. The fourth-order valence-electron chi connectivity index (χ4n) is 1.24. The summed E-state index contributed by atoms with van der Waals surface area (Å²) in [5.74, 6) is 1.01. The Balaban J connectivity index is 2.51. The van der Waals surface area contributed by atoms with E-state index >= 15 is 0 Å². The van der Waals surface area contributed by atoms with Crippen LogP contribution >= 0.6 is 15.9 Å². The second-order valence-corrected chi connectivity index (χ2v) is 5.25. The van der Waals surface area contributed by atoms with Gasteiger partial charge in [-0.15, -0.1) is 0 Å². The van der Waals surface area contributed by atoms with Crippen LogP contribution in [0.25, 0.3) is 0 Å². The molecular weight excluding hydrogens is 284 g/mol. The van der Waals surface area contributed by atoms with Crippen molar-refractivity contribution in [1.29, 1.82) is 0 Å². The van der Waals surface area contributed by atoms with Crippen LogP contribution in [0.3, 0.4) is 0 Å². The summed E-state index contributed by atoms with van der Waals surface area (Å²) in [4.78, 5) is 0. The first-order chi connectivity index (χ1) is 7.97. The zero-order chi connectivity index (χ0) is 12.9. The van der Waals surface area contributed by atoms with Gasteiger partial charge in [0.15, 0.2) is 0 Å². The fraction of sp³-hybridized carbons (Fsp3) is 0.417. The highest BCUT2D eigenvalue weighted by atomic mass is 79.9. The molecule has 0 spiro atoms. The predicted molar refractivity (Wildman–Crippen MR) is 71.4 cm³/mol. The van der Waals surface area contributed by atoms with Crippen LogP contribution in [0.4, 0.5) is 0 Å². The first-order valence-electron chi connectivity index (χ1n) is 5.32. The topological polar surface area (TPSA) is 67.8 Å². The Bertz CT molecular complexity index is 405. The van der Waals surface area contributed by atoms with Crippen LogP contribution in [0.2, 0.25) is 0 Å². The van der Waals surface area contributed by atoms with Crippen molar-refractivity contribution in [1.82, 2.24) is 0 Å². The maximum atomic E-state index is 8.65. The number of halogens is 1. The molecule has 1 aromatic rings. The molecule has 1 rings (SSSR count). The highest BCUT2D eigenvalue weighted by molar-refractivity contribution is 9.10. The zero-order valence-electron chi connectivity index (χ0n) is 9.98. The van der Waals surface area contributed by atoms with Gasteiger partial charge >= 0.3 is 0 Å². The number of nitrogens with zero attached hydrogens (tertiary/aromatic N) is 1. The van der Waals surface area contributed by atoms with Crippen molar-refractivity contribution in [2.24, 2.45) is 16.3 Å². The van der Waals surface area contributed by atoms with Crippen LogP contribution in [0.15, 0.2) is 33.9 Å². The lowest BCUT2D eigenvalue weighted by molar-refractivity contribution is 0.258. The molecular formula is C12H17BrN2O2. The van der Waals surface area contributed by atoms with E-state index in [4.69, 9.17) is 15.7 Å². The molecule has 0 amide bonds. The lowest BCUT2D eigenvalue weighted by Gasteiger charge is -2.22. The van der Waals surface area contributed by atoms with Gasteiger partial charge in [-0.2, -0.15) is 0 Å². The van der Waals surface area contributed by atoms with Crippen LogP contribution in [0.1, 0.15) is 20.3 Å². The predicted octanol–water partition coefficient (Wildman–Crippen LogP) is 2.99. The van der Waals surface area contributed by atoms with E-state index in [0.29, 0.717) is 13.0 Å². The Morgan fingerprint density at radius 1 is 1.47 bits per heavy atom. The van der Waals surface area contributed by atoms with Crippen molar-refractivity contribution in [2.75, 3.05) is 6.61 Å². The van der Waals surface area contributed by atoms with E-state index in [1.54, 1.807) is 0 Å². The molecule has 17 heavy (non-hydrogen) atoms. The second kappa shape index (κ2) is 5.91. The molecule has 4 nitrogen and oxygen atoms in total. The minimum atomic E-state index is -0.379. The fourth-order valence-corrected chi connectivity index (χ4v) is 1.64. The van der Waals surface area contributed by atoms with E-state index in [1.807, 2.05) is 38.1 Å². The van der Waals surface area contributed by atoms with Crippen molar-refractivity contribution >= 4 is 21.8 Å². The summed E-state index contributed by atoms with van der Waals surface area (Å²) in [5, 5.41) is 11.7. The maximum absolute atomic E-state index is 8.65. The van der Waals surface area contributed by atoms with Gasteiger partial charge in [-0.1, -0.05) is 31.1 Å². The molecule has 0 saturated heterocycles. The van der Waals surface area contributed by atoms with E-state index < -0.39 is 0 Å². The monoisotopic (exact) mass is 300 g/mol. The number of para-hydroxylation sites is 1. The van der Waals surface area contributed by atoms with Crippen molar-refractivity contribution in [3.8, 4) is 5.75 Å². The standard InChI is InChI=1S/C12H17BrN2O2/c1-12(2,11(14)15-16)7-8-17-10-6-4-3-5-9(10)13/h3-6,16H,7-8H2,1-2H3,(H2,14,15). The van der Waals surface area contributed by atoms with Crippen LogP contribution in [0.5, 0.6) is 5.75 Å². The number of amidine groups is 1. The molecule has 3 N–H and O–H groups in total. The molecule has 94 valence electrons. The number of oxime groups is 1. The molecule has 0 heterocycles. The second-order valence-electron chi connectivity index (χ2n) is 4.40. The highest BCUT2D eigenvalue weighted by Crippen LogP contribution is 2.26. The van der Waals surface area contributed by atoms with E-state index in [0.717, 1.165) is 10.2 Å². The van der Waals surface area contributed by atoms with Gasteiger partial charge in [0, 0.05) is 5.41 Å². The summed E-state index contributed by atoms with van der Waals surface area (Å²) in [6.07, 6.45) is 0.671. The third kappa shape index (κ3) is 3.93. The average molecular weight is 301 g/mol. The van der Waals surface area contributed by atoms with Gasteiger partial charge in [0.1, 0.15) is 11.6 Å². The average Bonchev–Trinajstić information content (AvgIpc) is 2.30. The maximum Gasteiger partial charge on any atom is 0.144 e. The Hall–Kier alpha value is -1.23. The Labute approximate surface area is 110 Å². The normalized spacial score (nSPS) is 12.5. The van der Waals surface area contributed by atoms with Gasteiger partial charge in [0.2, 0.25) is 0 Å². The molecule has 0 bridgehead atoms. The number of hydrogen-bond acceptors (Lipinski definition) is 3. The molecule has 0 aliphatic carbocycles. The Morgan fingerprint density at radius 3 is 2.71 bits per heavy atom. The highest BCUT2D eigenvalue weighted by Gasteiger charge is 2.23. The smallest absolute Gasteiger partial charge is 0.144 e. The van der Waals surface area contributed by atoms with Gasteiger partial charge in [0.05, 0.1) is 11.1 Å². The van der Waals surface area contributed by atoms with Gasteiger partial charge < -0.3 is 15.7 Å². The molecule has 0 fully saturated rings. The molecule has 0 saturated carbocycles. The van der Waals surface area contributed by atoms with Gasteiger partial charge in [0.25, 0.3) is 0 Å². The van der Waals surface area contributed by atoms with Crippen molar-refractivity contribution in [2.45, 2.75) is 20.3 Å². The first kappa shape index (κ1) is 13.8. The zero-order valence-corrected chi connectivity index (χ0v) is 11.6. The number of hydrogen-bond donors (Lipinski definition) is 2. The summed E-state index contributed by atoms with van der Waals surface area (Å²) >= 11 is 3.41. The Kier molecular flexibility index (Phi) is 4.81. The molecule has 0 aliphatic rings. The lowest BCUT2D eigenvalue weighted by atomic mass is 9.88. The third-order valence-corrected chi connectivity index (χ3v) is 3.28. The minimum Gasteiger partial charge on any atom is -0.492 e. The van der Waals surface area contributed by atoms with Crippen molar-refractivity contribution in [3.63, 3.8) is 0 Å². The van der Waals surface area contributed by atoms with Crippen molar-refractivity contribution < 1.29 is 9.94 Å². The molecule has 0 aromatic heterocycles. The van der Waals surface area contributed by atoms with E-state index in [1.165, 1.54) is 0 Å². The molecule has 5 heteroatoms. The molecule has 0 aliphatic heterocycles. The van der Waals surface area contributed by atoms with E-state index in [9.17, 15) is 0 Å². The molecule has 1 aromatic carbocycles. The summed E-state index contributed by atoms with van der Waals surface area (Å²) in [5.41, 5.74) is 5.22.